The predicted molar refractivity (Wildman–Crippen MR) is 193 cm³/mol. The number of para-hydroxylation sites is 2. The first-order valence-electron chi connectivity index (χ1n) is 15.9. The summed E-state index contributed by atoms with van der Waals surface area (Å²) in [6, 6.07) is 34.0. The van der Waals surface area contributed by atoms with E-state index in [1.54, 1.807) is 0 Å². The molecule has 1 aliphatic rings. The van der Waals surface area contributed by atoms with Gasteiger partial charge in [-0.2, -0.15) is 0 Å². The average Bonchev–Trinajstić information content (AvgIpc) is 3.29. The van der Waals surface area contributed by atoms with E-state index in [0.29, 0.717) is 12.5 Å². The number of hydrogen-bond acceptors (Lipinski definition) is 2. The van der Waals surface area contributed by atoms with Gasteiger partial charge in [-0.15, -0.1) is 5.41 Å². The van der Waals surface area contributed by atoms with Crippen molar-refractivity contribution in [1.82, 2.24) is 0 Å². The summed E-state index contributed by atoms with van der Waals surface area (Å²) in [4.78, 5) is 2.57. The van der Waals surface area contributed by atoms with Crippen molar-refractivity contribution in [1.29, 1.82) is 0 Å². The van der Waals surface area contributed by atoms with E-state index in [0.717, 1.165) is 36.1 Å². The second kappa shape index (κ2) is 15.9. The molecular weight excluding hydrogens is 682 g/mol. The molecular formula is C40H48Cl2NORu-. The maximum Gasteiger partial charge on any atom is 0.0140 e. The Morgan fingerprint density at radius 1 is 0.822 bits per heavy atom. The van der Waals surface area contributed by atoms with Gasteiger partial charge in [-0.05, 0) is 44.2 Å². The minimum absolute atomic E-state index is 0.0800. The summed E-state index contributed by atoms with van der Waals surface area (Å²) in [5.41, 5.74) is 9.28. The molecule has 0 N–H and O–H groups in total. The first-order chi connectivity index (χ1) is 21.5. The topological polar surface area (TPSA) is 12.5 Å². The van der Waals surface area contributed by atoms with Gasteiger partial charge in [-0.1, -0.05) is 74.9 Å². The van der Waals surface area contributed by atoms with E-state index in [4.69, 9.17) is 24.1 Å². The van der Waals surface area contributed by atoms with Gasteiger partial charge in [0.25, 0.3) is 0 Å². The number of benzene rings is 4. The Kier molecular flexibility index (Phi) is 12.5. The first kappa shape index (κ1) is 35.4. The van der Waals surface area contributed by atoms with Crippen molar-refractivity contribution >= 4 is 29.7 Å². The minimum atomic E-state index is -1.88. The zero-order chi connectivity index (χ0) is 32.6. The van der Waals surface area contributed by atoms with Crippen LogP contribution in [0.3, 0.4) is 0 Å². The van der Waals surface area contributed by atoms with Crippen molar-refractivity contribution in [2.75, 3.05) is 4.90 Å². The predicted octanol–water partition coefficient (Wildman–Crippen LogP) is 11.4. The second-order valence-corrected chi connectivity index (χ2v) is 18.6. The molecule has 1 atom stereocenters. The summed E-state index contributed by atoms with van der Waals surface area (Å²) in [6.07, 6.45) is 3.28. The second-order valence-electron chi connectivity index (χ2n) is 12.9. The zero-order valence-electron chi connectivity index (χ0n) is 27.8. The van der Waals surface area contributed by atoms with E-state index >= 15 is 0 Å². The quantitative estimate of drug-likeness (QED) is 0.126. The third-order valence-electron chi connectivity index (χ3n) is 8.62. The van der Waals surface area contributed by atoms with Crippen LogP contribution in [0.4, 0.5) is 5.69 Å². The van der Waals surface area contributed by atoms with Gasteiger partial charge >= 0.3 is 140 Å². The van der Waals surface area contributed by atoms with Gasteiger partial charge in [0.05, 0.1) is 0 Å². The maximum atomic E-state index is 6.09. The fraction of sp³-hybridized carbons (Fsp3) is 0.350. The molecule has 1 fully saturated rings. The molecule has 0 aliphatic carbocycles. The monoisotopic (exact) mass is 730 g/mol. The zero-order valence-corrected chi connectivity index (χ0v) is 31.0. The fourth-order valence-corrected chi connectivity index (χ4v) is 8.25. The Labute approximate surface area is 285 Å². The van der Waals surface area contributed by atoms with E-state index in [9.17, 15) is 0 Å². The van der Waals surface area contributed by atoms with Crippen LogP contribution in [-0.2, 0) is 38.4 Å². The molecule has 1 saturated heterocycles. The molecule has 0 radical (unpaired) electrons. The Morgan fingerprint density at radius 3 is 1.96 bits per heavy atom. The van der Waals surface area contributed by atoms with Gasteiger partial charge in [0.15, 0.2) is 0 Å². The molecule has 0 amide bonds. The van der Waals surface area contributed by atoms with E-state index in [2.05, 4.69) is 127 Å². The third-order valence-corrected chi connectivity index (χ3v) is 10.4. The minimum Gasteiger partial charge on any atom is -0.517 e. The van der Waals surface area contributed by atoms with Crippen LogP contribution in [0.25, 0.3) is 0 Å². The Hall–Kier alpha value is -2.45. The molecule has 1 unspecified atom stereocenters. The number of hydrogen-bond donors (Lipinski definition) is 0. The first-order valence-corrected chi connectivity index (χ1v) is 21.4. The number of anilines is 1. The van der Waals surface area contributed by atoms with Crippen LogP contribution in [0.1, 0.15) is 94.2 Å². The Morgan fingerprint density at radius 2 is 1.40 bits per heavy atom. The van der Waals surface area contributed by atoms with Gasteiger partial charge < -0.3 is 4.90 Å². The van der Waals surface area contributed by atoms with Crippen molar-refractivity contribution in [3.8, 4) is 5.75 Å². The summed E-state index contributed by atoms with van der Waals surface area (Å²) in [7, 11) is 12.1. The number of nitrogens with zero attached hydrogens (tertiary/aromatic N) is 1. The van der Waals surface area contributed by atoms with Crippen molar-refractivity contribution in [3.05, 3.63) is 137 Å². The molecule has 4 aromatic rings. The van der Waals surface area contributed by atoms with Crippen molar-refractivity contribution in [3.63, 3.8) is 0 Å². The van der Waals surface area contributed by atoms with Crippen LogP contribution in [0, 0.1) is 6.54 Å². The molecule has 5 rings (SSSR count). The van der Waals surface area contributed by atoms with E-state index in [-0.39, 0.29) is 11.0 Å². The van der Waals surface area contributed by atoms with E-state index in [1.165, 1.54) is 27.9 Å². The van der Waals surface area contributed by atoms with Crippen molar-refractivity contribution in [2.45, 2.75) is 91.2 Å². The Balaban J connectivity index is 0.000000207. The number of ether oxygens (including phenoxy) is 1. The van der Waals surface area contributed by atoms with Crippen molar-refractivity contribution in [2.24, 2.45) is 0 Å². The van der Waals surface area contributed by atoms with E-state index < -0.39 is 13.5 Å². The summed E-state index contributed by atoms with van der Waals surface area (Å²) in [6.45, 7) is 19.0. The standard InChI is InChI=1S/C23H30N.C17H18O.2ClH.Ru/c1-6-18-12-11-13-19(7-2)21(18)24-17-23(5,16-22(24,3)4)20-14-9-8-10-15-20;1-13(2)16-11-7-8-14(3)17(16)18-12-15-9-5-4-6-10-15;;;/h8-15,17H,6-7,16H2,1-5H3;3-11,13H,12H2,1-2H3;2*1H;/q-1;;;;+2/p-2. The molecule has 5 heteroatoms. The van der Waals surface area contributed by atoms with Gasteiger partial charge in [-0.3, -0.25) is 0 Å². The third kappa shape index (κ3) is 8.88. The molecule has 0 bridgehead atoms. The molecule has 45 heavy (non-hydrogen) atoms. The smallest absolute Gasteiger partial charge is 0.0140 e. The normalized spacial score (nSPS) is 17.5. The molecule has 0 saturated carbocycles. The molecule has 1 aliphatic heterocycles. The fourth-order valence-electron chi connectivity index (χ4n) is 6.46. The van der Waals surface area contributed by atoms with Crippen molar-refractivity contribution < 1.29 is 18.3 Å². The summed E-state index contributed by atoms with van der Waals surface area (Å²) >= 11 is -1.88. The van der Waals surface area contributed by atoms with Crippen LogP contribution in [-0.4, -0.2) is 10.1 Å². The summed E-state index contributed by atoms with van der Waals surface area (Å²) in [5, 5.41) is 0. The van der Waals surface area contributed by atoms with Crippen LogP contribution < -0.4 is 9.64 Å². The maximum absolute atomic E-state index is 6.09. The summed E-state index contributed by atoms with van der Waals surface area (Å²) in [5.74, 6) is 1.28. The number of rotatable bonds is 9. The van der Waals surface area contributed by atoms with Crippen LogP contribution in [0.2, 0.25) is 0 Å². The molecule has 4 aromatic carbocycles. The molecule has 0 aromatic heterocycles. The molecule has 0 spiro atoms. The van der Waals surface area contributed by atoms with Gasteiger partial charge in [0.2, 0.25) is 0 Å². The summed E-state index contributed by atoms with van der Waals surface area (Å²) < 4.78 is 8.04. The SMILES string of the molecule is CC(C)c1cccc([CH]=[Ru]([Cl])[Cl])c1OCc1ccccc1.CCc1cccc(CC)c1N1[CH-]C(C)(c2ccccc2)CC1(C)C. The largest absolute Gasteiger partial charge is 0.517 e. The molecule has 242 valence electrons. The van der Waals surface area contributed by atoms with Crippen LogP contribution in [0.5, 0.6) is 5.75 Å². The molecule has 1 heterocycles. The van der Waals surface area contributed by atoms with Gasteiger partial charge in [0, 0.05) is 11.2 Å². The van der Waals surface area contributed by atoms with Crippen LogP contribution >= 0.6 is 19.4 Å². The number of halogens is 2. The van der Waals surface area contributed by atoms with Crippen LogP contribution in [0.15, 0.2) is 97.1 Å². The average molecular weight is 731 g/mol. The van der Waals surface area contributed by atoms with E-state index in [1.807, 2.05) is 34.9 Å². The number of aryl methyl sites for hydroxylation is 2. The molecule has 2 nitrogen and oxygen atoms in total. The van der Waals surface area contributed by atoms with Gasteiger partial charge in [0.1, 0.15) is 0 Å². The van der Waals surface area contributed by atoms with Gasteiger partial charge in [-0.25, -0.2) is 6.54 Å². The Bertz CT molecular complexity index is 1540.